The fourth-order valence-electron chi connectivity index (χ4n) is 3.76. The van der Waals surface area contributed by atoms with Crippen LogP contribution in [0.2, 0.25) is 0 Å². The first-order chi connectivity index (χ1) is 13.7. The van der Waals surface area contributed by atoms with Crippen LogP contribution in [0.15, 0.2) is 67.3 Å². The van der Waals surface area contributed by atoms with Gasteiger partial charge < -0.3 is 5.32 Å². The highest BCUT2D eigenvalue weighted by molar-refractivity contribution is 5.86. The van der Waals surface area contributed by atoms with Gasteiger partial charge in [-0.3, -0.25) is 4.40 Å². The molecule has 4 nitrogen and oxygen atoms in total. The number of nitrogens with zero attached hydrogens (tertiary/aromatic N) is 3. The van der Waals surface area contributed by atoms with Crippen LogP contribution in [0.5, 0.6) is 0 Å². The Labute approximate surface area is 164 Å². The summed E-state index contributed by atoms with van der Waals surface area (Å²) in [5, 5.41) is 13.5. The number of rotatable bonds is 5. The monoisotopic (exact) mass is 366 g/mol. The van der Waals surface area contributed by atoms with Crippen molar-refractivity contribution >= 4 is 22.5 Å². The van der Waals surface area contributed by atoms with Gasteiger partial charge in [0.2, 0.25) is 0 Å². The molecule has 2 aromatic carbocycles. The lowest BCUT2D eigenvalue weighted by Crippen LogP contribution is -2.14. The molecule has 0 saturated heterocycles. The minimum absolute atomic E-state index is 0.0986. The van der Waals surface area contributed by atoms with Crippen molar-refractivity contribution in [3.8, 4) is 6.07 Å². The molecule has 0 aliphatic heterocycles. The van der Waals surface area contributed by atoms with Gasteiger partial charge in [-0.05, 0) is 43.5 Å². The third-order valence-electron chi connectivity index (χ3n) is 5.23. The second-order valence-corrected chi connectivity index (χ2v) is 6.97. The molecule has 0 saturated carbocycles. The smallest absolute Gasteiger partial charge is 0.157 e. The second kappa shape index (κ2) is 7.21. The molecule has 0 aliphatic rings. The molecule has 0 spiro atoms. The molecule has 2 aromatic heterocycles. The molecule has 0 bridgehead atoms. The number of imidazole rings is 1. The number of anilines is 1. The Hall–Kier alpha value is -3.58. The van der Waals surface area contributed by atoms with Crippen molar-refractivity contribution in [3.05, 3.63) is 89.5 Å². The quantitative estimate of drug-likeness (QED) is 0.470. The van der Waals surface area contributed by atoms with Gasteiger partial charge in [0, 0.05) is 11.6 Å². The second-order valence-electron chi connectivity index (χ2n) is 6.97. The summed E-state index contributed by atoms with van der Waals surface area (Å²) in [5.74, 6) is 0.969. The summed E-state index contributed by atoms with van der Waals surface area (Å²) < 4.78 is 2.08. The SMILES string of the molecule is C=CCc1c(C)c(C#N)c2nc3ccccc3n2c1NC(C)c1ccccc1. The molecule has 0 radical (unpaired) electrons. The van der Waals surface area contributed by atoms with Gasteiger partial charge in [0.05, 0.1) is 16.6 Å². The van der Waals surface area contributed by atoms with Crippen LogP contribution < -0.4 is 5.32 Å². The van der Waals surface area contributed by atoms with E-state index in [4.69, 9.17) is 4.98 Å². The average molecular weight is 366 g/mol. The van der Waals surface area contributed by atoms with Crippen molar-refractivity contribution in [2.75, 3.05) is 5.32 Å². The van der Waals surface area contributed by atoms with E-state index in [1.54, 1.807) is 0 Å². The van der Waals surface area contributed by atoms with E-state index in [1.807, 2.05) is 55.5 Å². The van der Waals surface area contributed by atoms with Gasteiger partial charge in [-0.15, -0.1) is 6.58 Å². The van der Waals surface area contributed by atoms with Crippen molar-refractivity contribution in [2.45, 2.75) is 26.3 Å². The van der Waals surface area contributed by atoms with Crippen LogP contribution in [0.4, 0.5) is 5.82 Å². The Bertz CT molecular complexity index is 1210. The number of fused-ring (bicyclic) bond motifs is 3. The average Bonchev–Trinajstić information content (AvgIpc) is 3.10. The number of benzene rings is 2. The molecule has 0 fully saturated rings. The van der Waals surface area contributed by atoms with Crippen LogP contribution in [-0.4, -0.2) is 9.38 Å². The highest BCUT2D eigenvalue weighted by Crippen LogP contribution is 2.33. The van der Waals surface area contributed by atoms with Crippen molar-refractivity contribution in [3.63, 3.8) is 0 Å². The van der Waals surface area contributed by atoms with Crippen LogP contribution in [0.3, 0.4) is 0 Å². The Morgan fingerprint density at radius 1 is 1.18 bits per heavy atom. The molecular weight excluding hydrogens is 344 g/mol. The van der Waals surface area contributed by atoms with Crippen molar-refractivity contribution < 1.29 is 0 Å². The maximum absolute atomic E-state index is 9.84. The minimum Gasteiger partial charge on any atom is -0.364 e. The van der Waals surface area contributed by atoms with Crippen molar-refractivity contribution in [2.24, 2.45) is 0 Å². The predicted octanol–water partition coefficient (Wildman–Crippen LogP) is 5.57. The first-order valence-corrected chi connectivity index (χ1v) is 9.40. The fraction of sp³-hybridized carbons (Fsp3) is 0.167. The highest BCUT2D eigenvalue weighted by atomic mass is 15.1. The van der Waals surface area contributed by atoms with Crippen LogP contribution in [0, 0.1) is 18.3 Å². The zero-order valence-corrected chi connectivity index (χ0v) is 16.1. The van der Waals surface area contributed by atoms with E-state index in [0.29, 0.717) is 17.6 Å². The van der Waals surface area contributed by atoms with E-state index in [0.717, 1.165) is 28.0 Å². The maximum atomic E-state index is 9.84. The molecule has 4 rings (SSSR count). The molecular formula is C24H22N4. The first-order valence-electron chi connectivity index (χ1n) is 9.40. The Balaban J connectivity index is 2.03. The standard InChI is InChI=1S/C24H22N4/c1-4-10-19-16(2)20(15-25)24-27-21-13-8-9-14-22(21)28(24)23(19)26-17(3)18-11-6-5-7-12-18/h4-9,11-14,17,26H,1,10H2,2-3H3. The molecule has 0 aliphatic carbocycles. The predicted molar refractivity (Wildman–Crippen MR) is 115 cm³/mol. The number of aromatic nitrogens is 2. The van der Waals surface area contributed by atoms with E-state index in [-0.39, 0.29) is 6.04 Å². The van der Waals surface area contributed by atoms with Gasteiger partial charge in [0.25, 0.3) is 0 Å². The number of hydrogen-bond acceptors (Lipinski definition) is 3. The molecule has 4 heteroatoms. The van der Waals surface area contributed by atoms with Crippen LogP contribution in [0.25, 0.3) is 16.7 Å². The van der Waals surface area contributed by atoms with E-state index in [2.05, 4.69) is 41.4 Å². The Kier molecular flexibility index (Phi) is 4.58. The number of pyridine rings is 1. The maximum Gasteiger partial charge on any atom is 0.157 e. The van der Waals surface area contributed by atoms with Crippen molar-refractivity contribution in [1.29, 1.82) is 5.26 Å². The molecule has 138 valence electrons. The molecule has 28 heavy (non-hydrogen) atoms. The third-order valence-corrected chi connectivity index (χ3v) is 5.23. The lowest BCUT2D eigenvalue weighted by atomic mass is 10.0. The normalized spacial score (nSPS) is 12.0. The zero-order chi connectivity index (χ0) is 19.7. The molecule has 1 N–H and O–H groups in total. The summed E-state index contributed by atoms with van der Waals surface area (Å²) in [6.45, 7) is 8.06. The van der Waals surface area contributed by atoms with Gasteiger partial charge in [0.1, 0.15) is 11.9 Å². The van der Waals surface area contributed by atoms with Gasteiger partial charge in [0.15, 0.2) is 5.65 Å². The van der Waals surface area contributed by atoms with Gasteiger partial charge in [-0.25, -0.2) is 4.98 Å². The lowest BCUT2D eigenvalue weighted by Gasteiger charge is -2.22. The topological polar surface area (TPSA) is 53.1 Å². The van der Waals surface area contributed by atoms with E-state index < -0.39 is 0 Å². The first kappa shape index (κ1) is 17.8. The van der Waals surface area contributed by atoms with Crippen LogP contribution >= 0.6 is 0 Å². The molecule has 2 heterocycles. The number of hydrogen-bond donors (Lipinski definition) is 1. The summed E-state index contributed by atoms with van der Waals surface area (Å²) in [6.07, 6.45) is 2.56. The molecule has 0 amide bonds. The van der Waals surface area contributed by atoms with Gasteiger partial charge in [-0.2, -0.15) is 5.26 Å². The van der Waals surface area contributed by atoms with Gasteiger partial charge >= 0.3 is 0 Å². The van der Waals surface area contributed by atoms with Gasteiger partial charge in [-0.1, -0.05) is 48.5 Å². The summed E-state index contributed by atoms with van der Waals surface area (Å²) in [7, 11) is 0. The third kappa shape index (κ3) is 2.82. The molecule has 1 atom stereocenters. The van der Waals surface area contributed by atoms with Crippen LogP contribution in [-0.2, 0) is 6.42 Å². The fourth-order valence-corrected chi connectivity index (χ4v) is 3.76. The summed E-state index contributed by atoms with van der Waals surface area (Å²) in [5.41, 5.74) is 6.40. The summed E-state index contributed by atoms with van der Waals surface area (Å²) in [4.78, 5) is 4.76. The minimum atomic E-state index is 0.0986. The van der Waals surface area contributed by atoms with Crippen molar-refractivity contribution in [1.82, 2.24) is 9.38 Å². The summed E-state index contributed by atoms with van der Waals surface area (Å²) in [6, 6.07) is 20.8. The lowest BCUT2D eigenvalue weighted by molar-refractivity contribution is 0.863. The number of nitriles is 1. The van der Waals surface area contributed by atoms with E-state index in [9.17, 15) is 5.26 Å². The largest absolute Gasteiger partial charge is 0.364 e. The zero-order valence-electron chi connectivity index (χ0n) is 16.1. The Morgan fingerprint density at radius 3 is 2.61 bits per heavy atom. The molecule has 1 unspecified atom stereocenters. The highest BCUT2D eigenvalue weighted by Gasteiger charge is 2.21. The number of allylic oxidation sites excluding steroid dienone is 1. The van der Waals surface area contributed by atoms with E-state index in [1.165, 1.54) is 5.56 Å². The number of para-hydroxylation sites is 2. The van der Waals surface area contributed by atoms with Crippen LogP contribution in [0.1, 0.15) is 35.2 Å². The molecule has 4 aromatic rings. The summed E-state index contributed by atoms with van der Waals surface area (Å²) >= 11 is 0. The number of nitrogens with one attached hydrogen (secondary N) is 1. The van der Waals surface area contributed by atoms with E-state index >= 15 is 0 Å². The Morgan fingerprint density at radius 2 is 1.89 bits per heavy atom.